The summed E-state index contributed by atoms with van der Waals surface area (Å²) in [5.41, 5.74) is 0.938. The Balaban J connectivity index is 2.13. The van der Waals surface area contributed by atoms with E-state index in [1.54, 1.807) is 7.11 Å². The second-order valence-electron chi connectivity index (χ2n) is 4.45. The number of hydrogen-bond acceptors (Lipinski definition) is 3. The van der Waals surface area contributed by atoms with Crippen LogP contribution in [0.15, 0.2) is 22.7 Å². The molecule has 0 spiro atoms. The molecule has 0 radical (unpaired) electrons. The molecule has 1 aliphatic rings. The Hall–Kier alpha value is -0.740. The van der Waals surface area contributed by atoms with Crippen molar-refractivity contribution in [2.75, 3.05) is 12.4 Å². The number of aliphatic hydroxyl groups excluding tert-OH is 1. The van der Waals surface area contributed by atoms with Gasteiger partial charge in [0.05, 0.1) is 24.9 Å². The summed E-state index contributed by atoms with van der Waals surface area (Å²) in [4.78, 5) is 0. The average molecular weight is 300 g/mol. The highest BCUT2D eigenvalue weighted by Gasteiger charge is 2.23. The molecule has 1 aromatic carbocycles. The molecule has 0 aromatic heterocycles. The standard InChI is InChI=1S/C13H18BrNO2/c1-17-13-7-6-9(14)8-11(13)15-10-4-2-3-5-12(10)16/h6-8,10,12,15-16H,2-5H2,1H3/t10-,12-/m1/s1. The van der Waals surface area contributed by atoms with E-state index in [-0.39, 0.29) is 12.1 Å². The number of aliphatic hydroxyl groups is 1. The molecule has 2 N–H and O–H groups in total. The normalized spacial score (nSPS) is 24.4. The maximum Gasteiger partial charge on any atom is 0.142 e. The summed E-state index contributed by atoms with van der Waals surface area (Å²) in [6, 6.07) is 5.98. The van der Waals surface area contributed by atoms with E-state index in [9.17, 15) is 5.11 Å². The Kier molecular flexibility index (Phi) is 4.29. The van der Waals surface area contributed by atoms with Crippen LogP contribution in [0.25, 0.3) is 0 Å². The molecule has 4 heteroatoms. The molecule has 94 valence electrons. The van der Waals surface area contributed by atoms with Crippen LogP contribution in [0.5, 0.6) is 5.75 Å². The molecule has 1 aromatic rings. The van der Waals surface area contributed by atoms with E-state index in [0.29, 0.717) is 0 Å². The number of benzene rings is 1. The molecule has 2 rings (SSSR count). The second-order valence-corrected chi connectivity index (χ2v) is 5.36. The molecular formula is C13H18BrNO2. The number of halogens is 1. The number of hydrogen-bond donors (Lipinski definition) is 2. The SMILES string of the molecule is COc1ccc(Br)cc1N[C@@H]1CCCC[C@H]1O. The lowest BCUT2D eigenvalue weighted by atomic mass is 9.92. The first-order valence-electron chi connectivity index (χ1n) is 5.99. The van der Waals surface area contributed by atoms with Gasteiger partial charge in [-0.3, -0.25) is 0 Å². The third-order valence-electron chi connectivity index (χ3n) is 3.23. The Morgan fingerprint density at radius 2 is 2.12 bits per heavy atom. The zero-order valence-corrected chi connectivity index (χ0v) is 11.5. The number of ether oxygens (including phenoxy) is 1. The van der Waals surface area contributed by atoms with Gasteiger partial charge in [0.15, 0.2) is 0 Å². The van der Waals surface area contributed by atoms with Gasteiger partial charge in [-0.25, -0.2) is 0 Å². The van der Waals surface area contributed by atoms with Crippen molar-refractivity contribution in [3.8, 4) is 5.75 Å². The van der Waals surface area contributed by atoms with Crippen molar-refractivity contribution in [1.29, 1.82) is 0 Å². The first-order valence-corrected chi connectivity index (χ1v) is 6.78. The van der Waals surface area contributed by atoms with Crippen molar-refractivity contribution in [1.82, 2.24) is 0 Å². The molecule has 0 unspecified atom stereocenters. The lowest BCUT2D eigenvalue weighted by molar-refractivity contribution is 0.116. The predicted octanol–water partition coefficient (Wildman–Crippen LogP) is 3.17. The molecule has 1 saturated carbocycles. The lowest BCUT2D eigenvalue weighted by Crippen LogP contribution is -2.36. The van der Waals surface area contributed by atoms with Gasteiger partial charge in [0.2, 0.25) is 0 Å². The smallest absolute Gasteiger partial charge is 0.142 e. The Morgan fingerprint density at radius 3 is 2.82 bits per heavy atom. The van der Waals surface area contributed by atoms with Crippen LogP contribution in [0.1, 0.15) is 25.7 Å². The monoisotopic (exact) mass is 299 g/mol. The van der Waals surface area contributed by atoms with Crippen LogP contribution < -0.4 is 10.1 Å². The van der Waals surface area contributed by atoms with Gasteiger partial charge in [0.1, 0.15) is 5.75 Å². The van der Waals surface area contributed by atoms with Gasteiger partial charge < -0.3 is 15.2 Å². The van der Waals surface area contributed by atoms with E-state index in [0.717, 1.165) is 35.2 Å². The van der Waals surface area contributed by atoms with Crippen molar-refractivity contribution < 1.29 is 9.84 Å². The number of methoxy groups -OCH3 is 1. The summed E-state index contributed by atoms with van der Waals surface area (Å²) >= 11 is 3.45. The van der Waals surface area contributed by atoms with Crippen LogP contribution in [0.2, 0.25) is 0 Å². The molecule has 0 saturated heterocycles. The lowest BCUT2D eigenvalue weighted by Gasteiger charge is -2.29. The topological polar surface area (TPSA) is 41.5 Å². The minimum absolute atomic E-state index is 0.131. The van der Waals surface area contributed by atoms with Gasteiger partial charge in [-0.2, -0.15) is 0 Å². The molecule has 3 nitrogen and oxygen atoms in total. The second kappa shape index (κ2) is 5.74. The average Bonchev–Trinajstić information content (AvgIpc) is 2.32. The maximum atomic E-state index is 9.95. The summed E-state index contributed by atoms with van der Waals surface area (Å²) in [5, 5.41) is 13.3. The predicted molar refractivity (Wildman–Crippen MR) is 72.6 cm³/mol. The van der Waals surface area contributed by atoms with Crippen LogP contribution in [0.3, 0.4) is 0 Å². The van der Waals surface area contributed by atoms with Crippen molar-refractivity contribution in [3.63, 3.8) is 0 Å². The van der Waals surface area contributed by atoms with Crippen molar-refractivity contribution >= 4 is 21.6 Å². The Labute approximate surface area is 110 Å². The van der Waals surface area contributed by atoms with Gasteiger partial charge in [0, 0.05) is 4.47 Å². The summed E-state index contributed by atoms with van der Waals surface area (Å²) in [7, 11) is 1.66. The largest absolute Gasteiger partial charge is 0.495 e. The van der Waals surface area contributed by atoms with E-state index >= 15 is 0 Å². The van der Waals surface area contributed by atoms with Crippen molar-refractivity contribution in [2.24, 2.45) is 0 Å². The van der Waals surface area contributed by atoms with Gasteiger partial charge in [-0.15, -0.1) is 0 Å². The number of nitrogens with one attached hydrogen (secondary N) is 1. The third kappa shape index (κ3) is 3.13. The van der Waals surface area contributed by atoms with Gasteiger partial charge >= 0.3 is 0 Å². The highest BCUT2D eigenvalue weighted by Crippen LogP contribution is 2.31. The van der Waals surface area contributed by atoms with E-state index in [4.69, 9.17) is 4.74 Å². The fourth-order valence-electron chi connectivity index (χ4n) is 2.27. The van der Waals surface area contributed by atoms with E-state index in [1.165, 1.54) is 6.42 Å². The molecular weight excluding hydrogens is 282 g/mol. The zero-order chi connectivity index (χ0) is 12.3. The molecule has 0 bridgehead atoms. The van der Waals surface area contributed by atoms with Crippen molar-refractivity contribution in [2.45, 2.75) is 37.8 Å². The summed E-state index contributed by atoms with van der Waals surface area (Å²) in [6.07, 6.45) is 3.93. The quantitative estimate of drug-likeness (QED) is 0.901. The zero-order valence-electron chi connectivity index (χ0n) is 9.95. The van der Waals surface area contributed by atoms with Crippen LogP contribution >= 0.6 is 15.9 Å². The van der Waals surface area contributed by atoms with E-state index in [1.807, 2.05) is 18.2 Å². The van der Waals surface area contributed by atoms with Crippen LogP contribution in [0, 0.1) is 0 Å². The summed E-state index contributed by atoms with van der Waals surface area (Å²) in [5.74, 6) is 0.811. The van der Waals surface area contributed by atoms with E-state index < -0.39 is 0 Å². The molecule has 0 amide bonds. The molecule has 0 heterocycles. The van der Waals surface area contributed by atoms with E-state index in [2.05, 4.69) is 21.2 Å². The molecule has 1 aliphatic carbocycles. The minimum Gasteiger partial charge on any atom is -0.495 e. The fraction of sp³-hybridized carbons (Fsp3) is 0.538. The highest BCUT2D eigenvalue weighted by atomic mass is 79.9. The molecule has 1 fully saturated rings. The highest BCUT2D eigenvalue weighted by molar-refractivity contribution is 9.10. The third-order valence-corrected chi connectivity index (χ3v) is 3.73. The number of anilines is 1. The summed E-state index contributed by atoms with van der Waals surface area (Å²) < 4.78 is 6.32. The van der Waals surface area contributed by atoms with Gasteiger partial charge in [0.25, 0.3) is 0 Å². The summed E-state index contributed by atoms with van der Waals surface area (Å²) in [6.45, 7) is 0. The Bertz CT molecular complexity index is 384. The Morgan fingerprint density at radius 1 is 1.35 bits per heavy atom. The van der Waals surface area contributed by atoms with Crippen LogP contribution in [-0.2, 0) is 0 Å². The molecule has 2 atom stereocenters. The van der Waals surface area contributed by atoms with Gasteiger partial charge in [-0.1, -0.05) is 28.8 Å². The first-order chi connectivity index (χ1) is 8.20. The fourth-order valence-corrected chi connectivity index (χ4v) is 2.63. The first kappa shape index (κ1) is 12.7. The number of rotatable bonds is 3. The maximum absolute atomic E-state index is 9.95. The van der Waals surface area contributed by atoms with Crippen LogP contribution in [0.4, 0.5) is 5.69 Å². The van der Waals surface area contributed by atoms with Crippen LogP contribution in [-0.4, -0.2) is 24.4 Å². The van der Waals surface area contributed by atoms with Crippen molar-refractivity contribution in [3.05, 3.63) is 22.7 Å². The molecule has 0 aliphatic heterocycles. The molecule has 17 heavy (non-hydrogen) atoms. The van der Waals surface area contributed by atoms with Gasteiger partial charge in [-0.05, 0) is 31.0 Å². The minimum atomic E-state index is -0.257.